The summed E-state index contributed by atoms with van der Waals surface area (Å²) >= 11 is 0. The summed E-state index contributed by atoms with van der Waals surface area (Å²) in [7, 11) is 0. The zero-order valence-electron chi connectivity index (χ0n) is 12.1. The van der Waals surface area contributed by atoms with Crippen molar-refractivity contribution in [3.8, 4) is 0 Å². The molecule has 0 bridgehead atoms. The number of carbonyl (C=O) groups excluding carboxylic acids is 2. The maximum absolute atomic E-state index is 12.7. The van der Waals surface area contributed by atoms with Crippen LogP contribution in [0.3, 0.4) is 0 Å². The Morgan fingerprint density at radius 2 is 1.74 bits per heavy atom. The first kappa shape index (κ1) is 14.8. The van der Waals surface area contributed by atoms with Gasteiger partial charge in [-0.2, -0.15) is 0 Å². The van der Waals surface area contributed by atoms with Gasteiger partial charge in [0.1, 0.15) is 5.92 Å². The standard InChI is InChI=1S/C17H14N2O4/c18-15(20)10-4-3-5-11(8-10)16(21)19-9-13(17(22)23)12-6-1-2-7-14(12)19/h1-8,13H,9H2,(H2,18,20)(H,22,23)/t13-/m1/s1. The molecule has 0 saturated carbocycles. The molecule has 0 aromatic heterocycles. The number of nitrogens with zero attached hydrogens (tertiary/aromatic N) is 1. The Balaban J connectivity index is 1.99. The van der Waals surface area contributed by atoms with E-state index in [4.69, 9.17) is 5.73 Å². The van der Waals surface area contributed by atoms with Gasteiger partial charge in [-0.05, 0) is 29.8 Å². The van der Waals surface area contributed by atoms with Gasteiger partial charge in [0.2, 0.25) is 5.91 Å². The molecule has 0 aliphatic carbocycles. The third-order valence-corrected chi connectivity index (χ3v) is 3.91. The average Bonchev–Trinajstić information content (AvgIpc) is 2.94. The Morgan fingerprint density at radius 3 is 2.43 bits per heavy atom. The first-order chi connectivity index (χ1) is 11.0. The minimum atomic E-state index is -0.973. The SMILES string of the molecule is NC(=O)c1cccc(C(=O)N2C[C@@H](C(=O)O)c3ccccc32)c1. The fraction of sp³-hybridized carbons (Fsp3) is 0.118. The number of carboxylic acids is 1. The lowest BCUT2D eigenvalue weighted by molar-refractivity contribution is -0.138. The highest BCUT2D eigenvalue weighted by Crippen LogP contribution is 2.37. The maximum Gasteiger partial charge on any atom is 0.312 e. The number of para-hydroxylation sites is 1. The van der Waals surface area contributed by atoms with Crippen molar-refractivity contribution in [2.24, 2.45) is 5.73 Å². The molecule has 0 unspecified atom stereocenters. The van der Waals surface area contributed by atoms with Crippen LogP contribution in [0.1, 0.15) is 32.2 Å². The van der Waals surface area contributed by atoms with Crippen molar-refractivity contribution in [3.63, 3.8) is 0 Å². The lowest BCUT2D eigenvalue weighted by atomic mass is 10.0. The van der Waals surface area contributed by atoms with Gasteiger partial charge < -0.3 is 15.7 Å². The number of aliphatic carboxylic acids is 1. The lowest BCUT2D eigenvalue weighted by Crippen LogP contribution is -2.31. The van der Waals surface area contributed by atoms with E-state index in [0.29, 0.717) is 16.8 Å². The zero-order chi connectivity index (χ0) is 16.6. The molecular weight excluding hydrogens is 296 g/mol. The molecule has 1 aliphatic heterocycles. The van der Waals surface area contributed by atoms with Crippen LogP contribution in [-0.2, 0) is 4.79 Å². The Morgan fingerprint density at radius 1 is 1.04 bits per heavy atom. The van der Waals surface area contributed by atoms with Gasteiger partial charge in [-0.3, -0.25) is 14.4 Å². The van der Waals surface area contributed by atoms with Gasteiger partial charge in [-0.1, -0.05) is 24.3 Å². The van der Waals surface area contributed by atoms with Crippen LogP contribution in [0.15, 0.2) is 48.5 Å². The summed E-state index contributed by atoms with van der Waals surface area (Å²) in [5.41, 5.74) is 6.95. The van der Waals surface area contributed by atoms with E-state index in [1.54, 1.807) is 36.4 Å². The minimum Gasteiger partial charge on any atom is -0.481 e. The molecule has 2 aromatic rings. The molecule has 0 spiro atoms. The minimum absolute atomic E-state index is 0.0638. The molecule has 1 heterocycles. The predicted octanol–water partition coefficient (Wildman–Crippen LogP) is 1.61. The van der Waals surface area contributed by atoms with E-state index in [0.717, 1.165) is 0 Å². The Kier molecular flexibility index (Phi) is 3.57. The molecule has 0 radical (unpaired) electrons. The number of anilines is 1. The average molecular weight is 310 g/mol. The van der Waals surface area contributed by atoms with Crippen LogP contribution < -0.4 is 10.6 Å². The molecule has 3 rings (SSSR count). The zero-order valence-corrected chi connectivity index (χ0v) is 12.1. The van der Waals surface area contributed by atoms with E-state index < -0.39 is 17.8 Å². The van der Waals surface area contributed by atoms with Gasteiger partial charge in [0, 0.05) is 23.4 Å². The van der Waals surface area contributed by atoms with E-state index in [9.17, 15) is 19.5 Å². The molecule has 3 N–H and O–H groups in total. The summed E-state index contributed by atoms with van der Waals surface area (Å²) < 4.78 is 0. The van der Waals surface area contributed by atoms with Crippen molar-refractivity contribution in [2.45, 2.75) is 5.92 Å². The van der Waals surface area contributed by atoms with Crippen LogP contribution in [0.25, 0.3) is 0 Å². The highest BCUT2D eigenvalue weighted by atomic mass is 16.4. The first-order valence-corrected chi connectivity index (χ1v) is 7.02. The van der Waals surface area contributed by atoms with Crippen molar-refractivity contribution in [1.82, 2.24) is 0 Å². The number of benzene rings is 2. The number of rotatable bonds is 3. The summed E-state index contributed by atoms with van der Waals surface area (Å²) in [6.07, 6.45) is 0. The molecule has 2 aromatic carbocycles. The molecule has 116 valence electrons. The molecule has 1 atom stereocenters. The van der Waals surface area contributed by atoms with E-state index in [2.05, 4.69) is 0 Å². The number of fused-ring (bicyclic) bond motifs is 1. The summed E-state index contributed by atoms with van der Waals surface area (Å²) in [6.45, 7) is 0.0638. The molecule has 6 nitrogen and oxygen atoms in total. The summed E-state index contributed by atoms with van der Waals surface area (Å²) in [5.74, 6) is -2.71. The quantitative estimate of drug-likeness (QED) is 0.899. The van der Waals surface area contributed by atoms with Gasteiger partial charge >= 0.3 is 5.97 Å². The van der Waals surface area contributed by atoms with Crippen molar-refractivity contribution < 1.29 is 19.5 Å². The van der Waals surface area contributed by atoms with Gasteiger partial charge in [0.25, 0.3) is 5.91 Å². The van der Waals surface area contributed by atoms with E-state index in [1.165, 1.54) is 17.0 Å². The smallest absolute Gasteiger partial charge is 0.312 e. The lowest BCUT2D eigenvalue weighted by Gasteiger charge is -2.17. The second-order valence-electron chi connectivity index (χ2n) is 5.31. The molecule has 1 aliphatic rings. The van der Waals surface area contributed by atoms with Gasteiger partial charge in [0.15, 0.2) is 0 Å². The van der Waals surface area contributed by atoms with E-state index in [1.807, 2.05) is 0 Å². The van der Waals surface area contributed by atoms with Crippen molar-refractivity contribution >= 4 is 23.5 Å². The fourth-order valence-corrected chi connectivity index (χ4v) is 2.77. The summed E-state index contributed by atoms with van der Waals surface area (Å²) in [4.78, 5) is 36.8. The second kappa shape index (κ2) is 5.57. The summed E-state index contributed by atoms with van der Waals surface area (Å²) in [5, 5.41) is 9.35. The molecular formula is C17H14N2O4. The molecule has 6 heteroatoms. The molecule has 23 heavy (non-hydrogen) atoms. The second-order valence-corrected chi connectivity index (χ2v) is 5.31. The van der Waals surface area contributed by atoms with Gasteiger partial charge in [0.05, 0.1) is 0 Å². The third-order valence-electron chi connectivity index (χ3n) is 3.91. The Bertz CT molecular complexity index is 816. The van der Waals surface area contributed by atoms with Gasteiger partial charge in [-0.25, -0.2) is 0 Å². The van der Waals surface area contributed by atoms with Crippen LogP contribution in [0.5, 0.6) is 0 Å². The van der Waals surface area contributed by atoms with E-state index in [-0.39, 0.29) is 18.0 Å². The third kappa shape index (κ3) is 2.55. The number of primary amides is 1. The number of carbonyl (C=O) groups is 3. The number of nitrogens with two attached hydrogens (primary N) is 1. The first-order valence-electron chi connectivity index (χ1n) is 7.02. The van der Waals surface area contributed by atoms with Gasteiger partial charge in [-0.15, -0.1) is 0 Å². The number of carboxylic acid groups (broad SMARTS) is 1. The van der Waals surface area contributed by atoms with Crippen LogP contribution >= 0.6 is 0 Å². The van der Waals surface area contributed by atoms with Crippen molar-refractivity contribution in [2.75, 3.05) is 11.4 Å². The molecule has 0 fully saturated rings. The Labute approximate surface area is 132 Å². The number of amides is 2. The van der Waals surface area contributed by atoms with Crippen LogP contribution in [-0.4, -0.2) is 29.4 Å². The predicted molar refractivity (Wildman–Crippen MR) is 83.5 cm³/mol. The van der Waals surface area contributed by atoms with Crippen LogP contribution in [0, 0.1) is 0 Å². The largest absolute Gasteiger partial charge is 0.481 e. The van der Waals surface area contributed by atoms with E-state index >= 15 is 0 Å². The Hall–Kier alpha value is -3.15. The topological polar surface area (TPSA) is 101 Å². The normalized spacial score (nSPS) is 16.0. The molecule has 2 amide bonds. The molecule has 0 saturated heterocycles. The van der Waals surface area contributed by atoms with Crippen molar-refractivity contribution in [3.05, 3.63) is 65.2 Å². The van der Waals surface area contributed by atoms with Crippen LogP contribution in [0.2, 0.25) is 0 Å². The highest BCUT2D eigenvalue weighted by molar-refractivity contribution is 6.09. The number of hydrogen-bond acceptors (Lipinski definition) is 3. The summed E-state index contributed by atoms with van der Waals surface area (Å²) in [6, 6.07) is 13.0. The number of hydrogen-bond donors (Lipinski definition) is 2. The maximum atomic E-state index is 12.7. The van der Waals surface area contributed by atoms with Crippen molar-refractivity contribution in [1.29, 1.82) is 0 Å². The highest BCUT2D eigenvalue weighted by Gasteiger charge is 2.36. The van der Waals surface area contributed by atoms with Crippen LogP contribution in [0.4, 0.5) is 5.69 Å². The monoisotopic (exact) mass is 310 g/mol. The fourth-order valence-electron chi connectivity index (χ4n) is 2.77.